The number of methoxy groups -OCH3 is 1. The van der Waals surface area contributed by atoms with E-state index in [0.717, 1.165) is 17.5 Å². The van der Waals surface area contributed by atoms with Gasteiger partial charge in [-0.25, -0.2) is 4.39 Å². The van der Waals surface area contributed by atoms with E-state index >= 15 is 0 Å². The van der Waals surface area contributed by atoms with Gasteiger partial charge in [-0.2, -0.15) is 0 Å². The van der Waals surface area contributed by atoms with E-state index in [0.29, 0.717) is 29.8 Å². The standard InChI is InChI=1S/C30H31FO3/c1-18(19(2)32)30(22-8-9-22)23-10-11-24-17-34-29(15-25(24)14-23)21-6-4-20(5-7-21)27-16-26(33-3)12-13-28(27)31/h4-7,10-14,16,18,22,29-30H,8-9,15,17H2,1-3H3/t18-,29+,30+/m1/s1. The van der Waals surface area contributed by atoms with Crippen LogP contribution in [0.5, 0.6) is 5.75 Å². The molecule has 3 atom stereocenters. The fraction of sp³-hybridized carbons (Fsp3) is 0.367. The van der Waals surface area contributed by atoms with Crippen molar-refractivity contribution in [2.45, 2.75) is 51.7 Å². The summed E-state index contributed by atoms with van der Waals surface area (Å²) in [6, 6.07) is 19.4. The molecule has 34 heavy (non-hydrogen) atoms. The second-order valence-electron chi connectivity index (χ2n) is 9.76. The van der Waals surface area contributed by atoms with Crippen LogP contribution in [0.25, 0.3) is 11.1 Å². The Morgan fingerprint density at radius 3 is 2.47 bits per heavy atom. The Balaban J connectivity index is 1.37. The first-order valence-corrected chi connectivity index (χ1v) is 12.1. The molecule has 3 aromatic rings. The van der Waals surface area contributed by atoms with E-state index in [9.17, 15) is 9.18 Å². The third-order valence-electron chi connectivity index (χ3n) is 7.54. The van der Waals surface area contributed by atoms with E-state index in [-0.39, 0.29) is 23.6 Å². The monoisotopic (exact) mass is 458 g/mol. The van der Waals surface area contributed by atoms with Gasteiger partial charge >= 0.3 is 0 Å². The fourth-order valence-corrected chi connectivity index (χ4v) is 5.25. The second-order valence-corrected chi connectivity index (χ2v) is 9.76. The Morgan fingerprint density at radius 2 is 1.79 bits per heavy atom. The van der Waals surface area contributed by atoms with Gasteiger partial charge in [0.2, 0.25) is 0 Å². The van der Waals surface area contributed by atoms with Gasteiger partial charge in [0, 0.05) is 17.9 Å². The van der Waals surface area contributed by atoms with Gasteiger partial charge in [-0.05, 0) is 77.6 Å². The SMILES string of the molecule is COc1ccc(F)c(-c2ccc([C@@H]3Cc4cc([C@H](C5CC5)[C@H](C)C(C)=O)ccc4CO3)cc2)c1. The van der Waals surface area contributed by atoms with E-state index in [2.05, 4.69) is 25.1 Å². The molecule has 0 saturated heterocycles. The van der Waals surface area contributed by atoms with Crippen LogP contribution in [-0.4, -0.2) is 12.9 Å². The molecule has 0 bridgehead atoms. The predicted octanol–water partition coefficient (Wildman–Crippen LogP) is 7.03. The number of hydrogen-bond acceptors (Lipinski definition) is 3. The number of Topliss-reactive ketones (excluding diaryl/α,β-unsaturated/α-hetero) is 1. The molecule has 2 aliphatic rings. The van der Waals surface area contributed by atoms with Crippen LogP contribution >= 0.6 is 0 Å². The Morgan fingerprint density at radius 1 is 1.03 bits per heavy atom. The number of hydrogen-bond donors (Lipinski definition) is 0. The Bertz CT molecular complexity index is 1200. The summed E-state index contributed by atoms with van der Waals surface area (Å²) in [6.07, 6.45) is 3.18. The van der Waals surface area contributed by atoms with Gasteiger partial charge in [0.1, 0.15) is 17.3 Å². The highest BCUT2D eigenvalue weighted by molar-refractivity contribution is 5.79. The normalized spacial score (nSPS) is 19.2. The summed E-state index contributed by atoms with van der Waals surface area (Å²) in [5, 5.41) is 0. The quantitative estimate of drug-likeness (QED) is 0.381. The molecule has 0 N–H and O–H groups in total. The van der Waals surface area contributed by atoms with E-state index in [1.54, 1.807) is 26.2 Å². The molecule has 1 aliphatic heterocycles. The predicted molar refractivity (Wildman–Crippen MR) is 131 cm³/mol. The van der Waals surface area contributed by atoms with Gasteiger partial charge in [-0.3, -0.25) is 4.79 Å². The second kappa shape index (κ2) is 9.34. The highest BCUT2D eigenvalue weighted by Gasteiger charge is 2.37. The number of benzene rings is 3. The van der Waals surface area contributed by atoms with Crippen LogP contribution in [0.1, 0.15) is 61.0 Å². The molecule has 1 heterocycles. The van der Waals surface area contributed by atoms with Gasteiger partial charge in [-0.15, -0.1) is 0 Å². The summed E-state index contributed by atoms with van der Waals surface area (Å²) in [6.45, 7) is 4.36. The smallest absolute Gasteiger partial charge is 0.133 e. The topological polar surface area (TPSA) is 35.5 Å². The minimum absolute atomic E-state index is 0.0449. The van der Waals surface area contributed by atoms with E-state index in [4.69, 9.17) is 9.47 Å². The van der Waals surface area contributed by atoms with E-state index in [1.807, 2.05) is 24.3 Å². The molecular formula is C30H31FO3. The molecular weight excluding hydrogens is 427 g/mol. The van der Waals surface area contributed by atoms with Gasteiger partial charge in [0.15, 0.2) is 0 Å². The molecule has 0 unspecified atom stereocenters. The lowest BCUT2D eigenvalue weighted by Crippen LogP contribution is -2.20. The molecule has 0 amide bonds. The molecule has 1 saturated carbocycles. The van der Waals surface area contributed by atoms with Crippen molar-refractivity contribution < 1.29 is 18.7 Å². The number of ketones is 1. The Hall–Kier alpha value is -2.98. The lowest BCUT2D eigenvalue weighted by Gasteiger charge is -2.28. The molecule has 0 spiro atoms. The largest absolute Gasteiger partial charge is 0.497 e. The zero-order valence-electron chi connectivity index (χ0n) is 20.0. The Kier molecular flexibility index (Phi) is 6.26. The van der Waals surface area contributed by atoms with Gasteiger partial charge in [0.25, 0.3) is 0 Å². The van der Waals surface area contributed by atoms with Crippen molar-refractivity contribution >= 4 is 5.78 Å². The molecule has 1 aliphatic carbocycles. The summed E-state index contributed by atoms with van der Waals surface area (Å²) in [7, 11) is 1.58. The third kappa shape index (κ3) is 4.52. The van der Waals surface area contributed by atoms with Crippen molar-refractivity contribution in [2.24, 2.45) is 11.8 Å². The van der Waals surface area contributed by atoms with E-state index in [1.165, 1.54) is 35.6 Å². The van der Waals surface area contributed by atoms with Crippen LogP contribution in [0.15, 0.2) is 60.7 Å². The van der Waals surface area contributed by atoms with Crippen LogP contribution < -0.4 is 4.74 Å². The minimum atomic E-state index is -0.270. The van der Waals surface area contributed by atoms with Gasteiger partial charge in [0.05, 0.1) is 19.8 Å². The zero-order chi connectivity index (χ0) is 23.8. The zero-order valence-corrected chi connectivity index (χ0v) is 20.0. The average molecular weight is 459 g/mol. The lowest BCUT2D eigenvalue weighted by atomic mass is 9.79. The van der Waals surface area contributed by atoms with Gasteiger partial charge in [-0.1, -0.05) is 49.4 Å². The highest BCUT2D eigenvalue weighted by atomic mass is 19.1. The maximum absolute atomic E-state index is 14.4. The molecule has 0 aromatic heterocycles. The van der Waals surface area contributed by atoms with Crippen LogP contribution in [-0.2, 0) is 22.6 Å². The Labute approximate surface area is 200 Å². The molecule has 1 fully saturated rings. The number of halogens is 1. The first kappa shape index (κ1) is 22.8. The lowest BCUT2D eigenvalue weighted by molar-refractivity contribution is -0.121. The first-order chi connectivity index (χ1) is 16.4. The van der Waals surface area contributed by atoms with Crippen molar-refractivity contribution in [3.63, 3.8) is 0 Å². The average Bonchev–Trinajstić information content (AvgIpc) is 3.69. The molecule has 176 valence electrons. The summed E-state index contributed by atoms with van der Waals surface area (Å²) in [5.41, 5.74) is 6.23. The summed E-state index contributed by atoms with van der Waals surface area (Å²) >= 11 is 0. The molecule has 3 nitrogen and oxygen atoms in total. The van der Waals surface area contributed by atoms with Crippen LogP contribution in [0, 0.1) is 17.7 Å². The van der Waals surface area contributed by atoms with E-state index < -0.39 is 0 Å². The fourth-order valence-electron chi connectivity index (χ4n) is 5.25. The van der Waals surface area contributed by atoms with Crippen molar-refractivity contribution in [2.75, 3.05) is 7.11 Å². The molecule has 3 aromatic carbocycles. The summed E-state index contributed by atoms with van der Waals surface area (Å²) in [4.78, 5) is 12.2. The van der Waals surface area contributed by atoms with Crippen LogP contribution in [0.4, 0.5) is 4.39 Å². The maximum atomic E-state index is 14.4. The van der Waals surface area contributed by atoms with Crippen LogP contribution in [0.3, 0.4) is 0 Å². The molecule has 4 heteroatoms. The van der Waals surface area contributed by atoms with Crippen molar-refractivity contribution in [1.29, 1.82) is 0 Å². The maximum Gasteiger partial charge on any atom is 0.133 e. The van der Waals surface area contributed by atoms with Crippen molar-refractivity contribution in [3.8, 4) is 16.9 Å². The van der Waals surface area contributed by atoms with Gasteiger partial charge < -0.3 is 9.47 Å². The minimum Gasteiger partial charge on any atom is -0.497 e. The first-order valence-electron chi connectivity index (χ1n) is 12.1. The number of rotatable bonds is 7. The van der Waals surface area contributed by atoms with Crippen molar-refractivity contribution in [1.82, 2.24) is 0 Å². The number of ether oxygens (including phenoxy) is 2. The number of fused-ring (bicyclic) bond motifs is 1. The van der Waals surface area contributed by atoms with Crippen molar-refractivity contribution in [3.05, 3.63) is 88.7 Å². The third-order valence-corrected chi connectivity index (χ3v) is 7.54. The highest BCUT2D eigenvalue weighted by Crippen LogP contribution is 2.47. The van der Waals surface area contributed by atoms with Crippen LogP contribution in [0.2, 0.25) is 0 Å². The number of carbonyl (C=O) groups is 1. The summed E-state index contributed by atoms with van der Waals surface area (Å²) in [5.74, 6) is 1.61. The molecule has 5 rings (SSSR count). The molecule has 0 radical (unpaired) electrons. The number of carbonyl (C=O) groups excluding carboxylic acids is 1. The summed E-state index contributed by atoms with van der Waals surface area (Å²) < 4.78 is 25.8.